The van der Waals surface area contributed by atoms with E-state index in [9.17, 15) is 22.8 Å². The molecule has 0 atom stereocenters. The first-order chi connectivity index (χ1) is 11.7. The third kappa shape index (κ3) is 5.32. The molecule has 1 heterocycles. The SMILES string of the molecule is CCc1cc(C(=O)Nc2cccc(C(=O)NCC(F)(F)F)c2)sc1C. The lowest BCUT2D eigenvalue weighted by atomic mass is 10.1. The van der Waals surface area contributed by atoms with E-state index in [-0.39, 0.29) is 11.5 Å². The van der Waals surface area contributed by atoms with Gasteiger partial charge in [-0.1, -0.05) is 13.0 Å². The molecule has 0 aliphatic heterocycles. The zero-order valence-corrected chi connectivity index (χ0v) is 14.5. The van der Waals surface area contributed by atoms with Gasteiger partial charge in [0.05, 0.1) is 4.88 Å². The summed E-state index contributed by atoms with van der Waals surface area (Å²) in [5, 5.41) is 4.45. The van der Waals surface area contributed by atoms with Crippen LogP contribution in [-0.2, 0) is 6.42 Å². The van der Waals surface area contributed by atoms with Crippen LogP contribution in [0.1, 0.15) is 37.4 Å². The van der Waals surface area contributed by atoms with Crippen molar-refractivity contribution < 1.29 is 22.8 Å². The summed E-state index contributed by atoms with van der Waals surface area (Å²) in [4.78, 5) is 25.7. The van der Waals surface area contributed by atoms with E-state index in [4.69, 9.17) is 0 Å². The maximum absolute atomic E-state index is 12.3. The molecule has 8 heteroatoms. The van der Waals surface area contributed by atoms with Crippen molar-refractivity contribution >= 4 is 28.8 Å². The molecular formula is C17H17F3N2O2S. The van der Waals surface area contributed by atoms with Gasteiger partial charge in [-0.25, -0.2) is 0 Å². The summed E-state index contributed by atoms with van der Waals surface area (Å²) in [5.41, 5.74) is 1.47. The average Bonchev–Trinajstić information content (AvgIpc) is 2.93. The number of amides is 2. The van der Waals surface area contributed by atoms with Crippen molar-refractivity contribution in [1.82, 2.24) is 5.32 Å². The predicted molar refractivity (Wildman–Crippen MR) is 91.2 cm³/mol. The van der Waals surface area contributed by atoms with E-state index in [1.165, 1.54) is 29.5 Å². The molecule has 0 saturated carbocycles. The fourth-order valence-corrected chi connectivity index (χ4v) is 3.21. The van der Waals surface area contributed by atoms with Crippen molar-refractivity contribution in [1.29, 1.82) is 0 Å². The molecule has 25 heavy (non-hydrogen) atoms. The molecule has 1 aromatic heterocycles. The number of rotatable bonds is 5. The largest absolute Gasteiger partial charge is 0.405 e. The summed E-state index contributed by atoms with van der Waals surface area (Å²) >= 11 is 1.37. The van der Waals surface area contributed by atoms with Gasteiger partial charge < -0.3 is 10.6 Å². The van der Waals surface area contributed by atoms with E-state index in [0.29, 0.717) is 10.6 Å². The van der Waals surface area contributed by atoms with E-state index in [1.807, 2.05) is 19.9 Å². The molecule has 0 bridgehead atoms. The topological polar surface area (TPSA) is 58.2 Å². The molecule has 2 aromatic rings. The van der Waals surface area contributed by atoms with Crippen molar-refractivity contribution in [3.63, 3.8) is 0 Å². The molecule has 1 aromatic carbocycles. The molecule has 2 amide bonds. The standard InChI is InChI=1S/C17H17F3N2O2S/c1-3-11-8-14(25-10(11)2)16(24)22-13-6-4-5-12(7-13)15(23)21-9-17(18,19)20/h4-8H,3,9H2,1-2H3,(H,21,23)(H,22,24). The van der Waals surface area contributed by atoms with Crippen LogP contribution in [0, 0.1) is 6.92 Å². The van der Waals surface area contributed by atoms with Gasteiger partial charge >= 0.3 is 6.18 Å². The Balaban J connectivity index is 2.07. The van der Waals surface area contributed by atoms with Gasteiger partial charge in [-0.2, -0.15) is 13.2 Å². The van der Waals surface area contributed by atoms with Crippen molar-refractivity contribution in [3.8, 4) is 0 Å². The molecule has 2 N–H and O–H groups in total. The van der Waals surface area contributed by atoms with Crippen LogP contribution in [0.5, 0.6) is 0 Å². The number of aryl methyl sites for hydroxylation is 2. The van der Waals surface area contributed by atoms with Crippen LogP contribution in [-0.4, -0.2) is 24.5 Å². The van der Waals surface area contributed by atoms with Crippen molar-refractivity contribution in [2.45, 2.75) is 26.4 Å². The van der Waals surface area contributed by atoms with E-state index in [2.05, 4.69) is 5.32 Å². The van der Waals surface area contributed by atoms with E-state index in [1.54, 1.807) is 11.4 Å². The Morgan fingerprint density at radius 1 is 1.16 bits per heavy atom. The van der Waals surface area contributed by atoms with Crippen molar-refractivity contribution in [2.24, 2.45) is 0 Å². The zero-order valence-electron chi connectivity index (χ0n) is 13.7. The van der Waals surface area contributed by atoms with E-state index in [0.717, 1.165) is 16.9 Å². The number of benzene rings is 1. The Bertz CT molecular complexity index is 784. The fourth-order valence-electron chi connectivity index (χ4n) is 2.20. The third-order valence-corrected chi connectivity index (χ3v) is 4.55. The molecule has 4 nitrogen and oxygen atoms in total. The second kappa shape index (κ2) is 7.69. The number of hydrogen-bond acceptors (Lipinski definition) is 3. The number of hydrogen-bond donors (Lipinski definition) is 2. The predicted octanol–water partition coefficient (Wildman–Crippen LogP) is 4.16. The zero-order chi connectivity index (χ0) is 18.6. The maximum Gasteiger partial charge on any atom is 0.405 e. The van der Waals surface area contributed by atoms with Gasteiger partial charge in [-0.3, -0.25) is 9.59 Å². The molecular weight excluding hydrogens is 353 g/mol. The Morgan fingerprint density at radius 3 is 2.48 bits per heavy atom. The van der Waals surface area contributed by atoms with Crippen LogP contribution >= 0.6 is 11.3 Å². The summed E-state index contributed by atoms with van der Waals surface area (Å²) < 4.78 is 36.5. The molecule has 0 unspecified atom stereocenters. The summed E-state index contributed by atoms with van der Waals surface area (Å²) in [6, 6.07) is 7.60. The summed E-state index contributed by atoms with van der Waals surface area (Å²) in [5.74, 6) is -1.17. The fraction of sp³-hybridized carbons (Fsp3) is 0.294. The van der Waals surface area contributed by atoms with Crippen LogP contribution in [0.4, 0.5) is 18.9 Å². The van der Waals surface area contributed by atoms with Gasteiger partial charge in [0.2, 0.25) is 0 Å². The monoisotopic (exact) mass is 370 g/mol. The summed E-state index contributed by atoms with van der Waals surface area (Å²) in [6.07, 6.45) is -3.65. The van der Waals surface area contributed by atoms with Crippen LogP contribution in [0.15, 0.2) is 30.3 Å². The quantitative estimate of drug-likeness (QED) is 0.830. The first-order valence-electron chi connectivity index (χ1n) is 7.55. The maximum atomic E-state index is 12.3. The minimum Gasteiger partial charge on any atom is -0.343 e. The van der Waals surface area contributed by atoms with Crippen LogP contribution in [0.3, 0.4) is 0 Å². The first kappa shape index (κ1) is 19.0. The second-order valence-electron chi connectivity index (χ2n) is 5.38. The molecule has 134 valence electrons. The number of halogens is 3. The van der Waals surface area contributed by atoms with E-state index < -0.39 is 18.6 Å². The second-order valence-corrected chi connectivity index (χ2v) is 6.63. The number of thiophene rings is 1. The van der Waals surface area contributed by atoms with Gasteiger partial charge in [0, 0.05) is 16.1 Å². The first-order valence-corrected chi connectivity index (χ1v) is 8.37. The molecule has 0 radical (unpaired) electrons. The lowest BCUT2D eigenvalue weighted by molar-refractivity contribution is -0.123. The number of carbonyl (C=O) groups excluding carboxylic acids is 2. The molecule has 0 fully saturated rings. The lowest BCUT2D eigenvalue weighted by Crippen LogP contribution is -2.33. The summed E-state index contributed by atoms with van der Waals surface area (Å²) in [6.45, 7) is 2.53. The van der Waals surface area contributed by atoms with Gasteiger partial charge in [0.25, 0.3) is 11.8 Å². The smallest absolute Gasteiger partial charge is 0.343 e. The van der Waals surface area contributed by atoms with Crippen molar-refractivity contribution in [3.05, 3.63) is 51.2 Å². The molecule has 0 aliphatic carbocycles. The Morgan fingerprint density at radius 2 is 1.88 bits per heavy atom. The number of anilines is 1. The molecule has 0 aliphatic rings. The minimum absolute atomic E-state index is 0.0404. The normalized spacial score (nSPS) is 11.2. The third-order valence-electron chi connectivity index (χ3n) is 3.46. The average molecular weight is 370 g/mol. The van der Waals surface area contributed by atoms with Crippen LogP contribution in [0.2, 0.25) is 0 Å². The number of nitrogens with one attached hydrogen (secondary N) is 2. The summed E-state index contributed by atoms with van der Waals surface area (Å²) in [7, 11) is 0. The van der Waals surface area contributed by atoms with Gasteiger partial charge in [0.1, 0.15) is 6.54 Å². The lowest BCUT2D eigenvalue weighted by Gasteiger charge is -2.09. The molecule has 2 rings (SSSR count). The minimum atomic E-state index is -4.48. The number of alkyl halides is 3. The Labute approximate surface area is 147 Å². The highest BCUT2D eigenvalue weighted by Crippen LogP contribution is 2.23. The molecule has 0 saturated heterocycles. The van der Waals surface area contributed by atoms with Gasteiger partial charge in [0.15, 0.2) is 0 Å². The highest BCUT2D eigenvalue weighted by Gasteiger charge is 2.27. The highest BCUT2D eigenvalue weighted by molar-refractivity contribution is 7.14. The van der Waals surface area contributed by atoms with Crippen LogP contribution in [0.25, 0.3) is 0 Å². The molecule has 0 spiro atoms. The number of carbonyl (C=O) groups is 2. The van der Waals surface area contributed by atoms with E-state index >= 15 is 0 Å². The van der Waals surface area contributed by atoms with Gasteiger partial charge in [-0.15, -0.1) is 11.3 Å². The van der Waals surface area contributed by atoms with Crippen molar-refractivity contribution in [2.75, 3.05) is 11.9 Å². The highest BCUT2D eigenvalue weighted by atomic mass is 32.1. The van der Waals surface area contributed by atoms with Crippen LogP contribution < -0.4 is 10.6 Å². The Hall–Kier alpha value is -2.35. The Kier molecular flexibility index (Phi) is 5.84. The van der Waals surface area contributed by atoms with Gasteiger partial charge in [-0.05, 0) is 43.2 Å².